The van der Waals surface area contributed by atoms with Gasteiger partial charge >= 0.3 is 0 Å². The normalized spacial score (nSPS) is 40.6. The van der Waals surface area contributed by atoms with E-state index >= 15 is 0 Å². The SMILES string of the molecule is CCC1(C)CCC(SC2CC2)CC1. The molecule has 2 rings (SSSR count). The molecule has 2 aliphatic rings. The summed E-state index contributed by atoms with van der Waals surface area (Å²) in [6, 6.07) is 0. The molecule has 0 aromatic carbocycles. The van der Waals surface area contributed by atoms with Gasteiger partial charge in [0.25, 0.3) is 0 Å². The Balaban J connectivity index is 1.74. The highest BCUT2D eigenvalue weighted by Crippen LogP contribution is 2.46. The van der Waals surface area contributed by atoms with Crippen LogP contribution in [-0.2, 0) is 0 Å². The van der Waals surface area contributed by atoms with Crippen LogP contribution in [0.25, 0.3) is 0 Å². The first-order chi connectivity index (χ1) is 6.22. The van der Waals surface area contributed by atoms with E-state index in [0.717, 1.165) is 10.5 Å². The Labute approximate surface area is 86.9 Å². The summed E-state index contributed by atoms with van der Waals surface area (Å²) >= 11 is 2.30. The zero-order valence-corrected chi connectivity index (χ0v) is 9.83. The van der Waals surface area contributed by atoms with Gasteiger partial charge in [-0.25, -0.2) is 0 Å². The average Bonchev–Trinajstić information content (AvgIpc) is 2.93. The van der Waals surface area contributed by atoms with Crippen LogP contribution in [0, 0.1) is 5.41 Å². The lowest BCUT2D eigenvalue weighted by atomic mass is 9.74. The van der Waals surface area contributed by atoms with Gasteiger partial charge in [-0.2, -0.15) is 11.8 Å². The number of thioether (sulfide) groups is 1. The van der Waals surface area contributed by atoms with Crippen molar-refractivity contribution in [2.75, 3.05) is 0 Å². The topological polar surface area (TPSA) is 0 Å². The number of rotatable bonds is 3. The van der Waals surface area contributed by atoms with Crippen molar-refractivity contribution in [1.82, 2.24) is 0 Å². The molecule has 1 heteroatoms. The van der Waals surface area contributed by atoms with E-state index in [1.807, 2.05) is 0 Å². The Morgan fingerprint density at radius 3 is 2.08 bits per heavy atom. The van der Waals surface area contributed by atoms with Gasteiger partial charge in [0, 0.05) is 10.5 Å². The van der Waals surface area contributed by atoms with E-state index in [-0.39, 0.29) is 0 Å². The zero-order chi connectivity index (χ0) is 9.31. The van der Waals surface area contributed by atoms with Crippen molar-refractivity contribution in [3.8, 4) is 0 Å². The lowest BCUT2D eigenvalue weighted by molar-refractivity contribution is 0.212. The molecule has 0 saturated heterocycles. The Bertz CT molecular complexity index is 164. The minimum Gasteiger partial charge on any atom is -0.155 e. The van der Waals surface area contributed by atoms with Crippen molar-refractivity contribution in [2.24, 2.45) is 5.41 Å². The first-order valence-corrected chi connectivity index (χ1v) is 6.81. The van der Waals surface area contributed by atoms with Gasteiger partial charge in [-0.1, -0.05) is 20.3 Å². The first-order valence-electron chi connectivity index (χ1n) is 5.87. The van der Waals surface area contributed by atoms with Gasteiger partial charge in [0.1, 0.15) is 0 Å². The average molecular weight is 198 g/mol. The second-order valence-electron chi connectivity index (χ2n) is 5.20. The van der Waals surface area contributed by atoms with Crippen LogP contribution in [0.1, 0.15) is 58.8 Å². The molecule has 0 N–H and O–H groups in total. The van der Waals surface area contributed by atoms with Crippen LogP contribution in [0.5, 0.6) is 0 Å². The molecule has 0 amide bonds. The summed E-state index contributed by atoms with van der Waals surface area (Å²) in [7, 11) is 0. The molecule has 0 unspecified atom stereocenters. The minimum atomic E-state index is 0.695. The Morgan fingerprint density at radius 2 is 1.62 bits per heavy atom. The van der Waals surface area contributed by atoms with E-state index in [1.54, 1.807) is 0 Å². The molecule has 0 radical (unpaired) electrons. The molecule has 13 heavy (non-hydrogen) atoms. The Hall–Kier alpha value is 0.350. The van der Waals surface area contributed by atoms with Crippen molar-refractivity contribution in [1.29, 1.82) is 0 Å². The quantitative estimate of drug-likeness (QED) is 0.653. The standard InChI is InChI=1S/C12H22S/c1-3-12(2)8-6-11(7-9-12)13-10-4-5-10/h10-11H,3-9H2,1-2H3. The van der Waals surface area contributed by atoms with E-state index in [0.29, 0.717) is 5.41 Å². The molecule has 0 atom stereocenters. The molecule has 76 valence electrons. The first kappa shape index (κ1) is 9.89. The molecule has 0 aromatic heterocycles. The molecule has 2 fully saturated rings. The molecular formula is C12H22S. The van der Waals surface area contributed by atoms with Gasteiger partial charge in [-0.05, 0) is 43.9 Å². The molecule has 0 bridgehead atoms. The van der Waals surface area contributed by atoms with Crippen LogP contribution in [0.4, 0.5) is 0 Å². The van der Waals surface area contributed by atoms with Gasteiger partial charge in [0.2, 0.25) is 0 Å². The summed E-state index contributed by atoms with van der Waals surface area (Å²) in [6.45, 7) is 4.83. The zero-order valence-electron chi connectivity index (χ0n) is 9.01. The van der Waals surface area contributed by atoms with Crippen molar-refractivity contribution in [3.05, 3.63) is 0 Å². The lowest BCUT2D eigenvalue weighted by Gasteiger charge is -2.36. The lowest BCUT2D eigenvalue weighted by Crippen LogP contribution is -2.25. The second-order valence-corrected chi connectivity index (χ2v) is 6.80. The predicted molar refractivity (Wildman–Crippen MR) is 61.3 cm³/mol. The number of hydrogen-bond donors (Lipinski definition) is 0. The van der Waals surface area contributed by atoms with Crippen LogP contribution in [0.15, 0.2) is 0 Å². The summed E-state index contributed by atoms with van der Waals surface area (Å²) in [5, 5.41) is 2.09. The van der Waals surface area contributed by atoms with Crippen molar-refractivity contribution < 1.29 is 0 Å². The van der Waals surface area contributed by atoms with Gasteiger partial charge in [-0.15, -0.1) is 0 Å². The van der Waals surface area contributed by atoms with Gasteiger partial charge < -0.3 is 0 Å². The van der Waals surface area contributed by atoms with Crippen molar-refractivity contribution in [3.63, 3.8) is 0 Å². The fourth-order valence-electron chi connectivity index (χ4n) is 2.25. The molecule has 0 nitrogen and oxygen atoms in total. The maximum atomic E-state index is 2.48. The van der Waals surface area contributed by atoms with Crippen LogP contribution in [-0.4, -0.2) is 10.5 Å². The molecule has 0 aliphatic heterocycles. The van der Waals surface area contributed by atoms with E-state index in [9.17, 15) is 0 Å². The van der Waals surface area contributed by atoms with E-state index < -0.39 is 0 Å². The third-order valence-corrected chi connectivity index (χ3v) is 5.62. The third-order valence-electron chi connectivity index (χ3n) is 3.90. The summed E-state index contributed by atoms with van der Waals surface area (Å²) in [4.78, 5) is 0. The van der Waals surface area contributed by atoms with Crippen molar-refractivity contribution in [2.45, 2.75) is 69.3 Å². The Kier molecular flexibility index (Phi) is 2.92. The molecule has 0 heterocycles. The fourth-order valence-corrected chi connectivity index (χ4v) is 3.71. The van der Waals surface area contributed by atoms with E-state index in [4.69, 9.17) is 0 Å². The maximum absolute atomic E-state index is 2.48. The summed E-state index contributed by atoms with van der Waals surface area (Å²) in [6.07, 6.45) is 10.3. The van der Waals surface area contributed by atoms with Gasteiger partial charge in [0.05, 0.1) is 0 Å². The molecule has 2 saturated carbocycles. The monoisotopic (exact) mass is 198 g/mol. The van der Waals surface area contributed by atoms with Crippen molar-refractivity contribution >= 4 is 11.8 Å². The van der Waals surface area contributed by atoms with Gasteiger partial charge in [0.15, 0.2) is 0 Å². The summed E-state index contributed by atoms with van der Waals surface area (Å²) < 4.78 is 0. The van der Waals surface area contributed by atoms with Crippen LogP contribution in [0.3, 0.4) is 0 Å². The second kappa shape index (κ2) is 3.84. The van der Waals surface area contributed by atoms with Crippen LogP contribution < -0.4 is 0 Å². The molecule has 2 aliphatic carbocycles. The third kappa shape index (κ3) is 2.65. The highest BCUT2D eigenvalue weighted by molar-refractivity contribution is 8.00. The van der Waals surface area contributed by atoms with E-state index in [2.05, 4.69) is 25.6 Å². The summed E-state index contributed by atoms with van der Waals surface area (Å²) in [5.74, 6) is 0. The van der Waals surface area contributed by atoms with Gasteiger partial charge in [-0.3, -0.25) is 0 Å². The van der Waals surface area contributed by atoms with E-state index in [1.165, 1.54) is 44.9 Å². The summed E-state index contributed by atoms with van der Waals surface area (Å²) in [5.41, 5.74) is 0.695. The minimum absolute atomic E-state index is 0.695. The highest BCUT2D eigenvalue weighted by atomic mass is 32.2. The Morgan fingerprint density at radius 1 is 1.08 bits per heavy atom. The number of hydrogen-bond acceptors (Lipinski definition) is 1. The molecule has 0 aromatic rings. The molecule has 0 spiro atoms. The predicted octanol–water partition coefficient (Wildman–Crippen LogP) is 4.24. The smallest absolute Gasteiger partial charge is 0.00506 e. The van der Waals surface area contributed by atoms with Crippen LogP contribution >= 0.6 is 11.8 Å². The molecular weight excluding hydrogens is 176 g/mol. The van der Waals surface area contributed by atoms with Crippen LogP contribution in [0.2, 0.25) is 0 Å². The maximum Gasteiger partial charge on any atom is 0.00506 e. The fraction of sp³-hybridized carbons (Fsp3) is 1.00. The highest BCUT2D eigenvalue weighted by Gasteiger charge is 2.33. The largest absolute Gasteiger partial charge is 0.155 e.